The van der Waals surface area contributed by atoms with Crippen LogP contribution in [-0.4, -0.2) is 25.0 Å². The molecule has 0 heterocycles. The summed E-state index contributed by atoms with van der Waals surface area (Å²) in [6, 6.07) is 4.85. The lowest BCUT2D eigenvalue weighted by Gasteiger charge is -2.22. The fraction of sp³-hybridized carbons (Fsp3) is 0.467. The van der Waals surface area contributed by atoms with E-state index in [1.54, 1.807) is 25.2 Å². The number of benzene rings is 1. The number of hydrogen-bond acceptors (Lipinski definition) is 2. The zero-order valence-corrected chi connectivity index (χ0v) is 12.8. The third-order valence-electron chi connectivity index (χ3n) is 3.64. The maximum absolute atomic E-state index is 11.9. The van der Waals surface area contributed by atoms with E-state index >= 15 is 0 Å². The van der Waals surface area contributed by atoms with E-state index in [-0.39, 0.29) is 18.0 Å². The lowest BCUT2D eigenvalue weighted by atomic mass is 9.96. The Kier molecular flexibility index (Phi) is 5.44. The van der Waals surface area contributed by atoms with E-state index in [1.807, 2.05) is 0 Å². The second kappa shape index (κ2) is 7.31. The molecule has 0 unspecified atom stereocenters. The molecule has 0 aromatic heterocycles. The number of hydrogen-bond donors (Lipinski definition) is 3. The normalized spacial score (nSPS) is 15.3. The van der Waals surface area contributed by atoms with Crippen molar-refractivity contribution in [1.82, 2.24) is 10.6 Å². The zero-order chi connectivity index (χ0) is 15.2. The molecule has 0 saturated heterocycles. The molecule has 2 rings (SSSR count). The molecule has 3 amide bonds. The Morgan fingerprint density at radius 2 is 1.90 bits per heavy atom. The zero-order valence-electron chi connectivity index (χ0n) is 12.0. The minimum absolute atomic E-state index is 0.231. The van der Waals surface area contributed by atoms with E-state index in [0.29, 0.717) is 16.3 Å². The standard InChI is InChI=1S/C15H20ClN3O2/c1-17-14(20)12-8-7-11(9-13(12)16)19-15(21)18-10-5-3-2-4-6-10/h7-10H,2-6H2,1H3,(H,17,20)(H2,18,19,21). The molecule has 1 aliphatic carbocycles. The van der Waals surface area contributed by atoms with Gasteiger partial charge in [-0.1, -0.05) is 30.9 Å². The van der Waals surface area contributed by atoms with Crippen LogP contribution in [0.2, 0.25) is 5.02 Å². The van der Waals surface area contributed by atoms with E-state index in [9.17, 15) is 9.59 Å². The summed E-state index contributed by atoms with van der Waals surface area (Å²) < 4.78 is 0. The summed E-state index contributed by atoms with van der Waals surface area (Å²) in [6.45, 7) is 0. The third-order valence-corrected chi connectivity index (χ3v) is 3.95. The molecule has 0 atom stereocenters. The van der Waals surface area contributed by atoms with Gasteiger partial charge in [-0.2, -0.15) is 0 Å². The van der Waals surface area contributed by atoms with Crippen LogP contribution in [0.15, 0.2) is 18.2 Å². The van der Waals surface area contributed by atoms with Crippen LogP contribution in [-0.2, 0) is 0 Å². The van der Waals surface area contributed by atoms with Gasteiger partial charge in [-0.3, -0.25) is 4.79 Å². The number of rotatable bonds is 3. The van der Waals surface area contributed by atoms with E-state index in [0.717, 1.165) is 25.7 Å². The highest BCUT2D eigenvalue weighted by molar-refractivity contribution is 6.34. The first-order valence-electron chi connectivity index (χ1n) is 7.19. The molecule has 0 radical (unpaired) electrons. The molecular formula is C15H20ClN3O2. The van der Waals surface area contributed by atoms with Crippen molar-refractivity contribution in [1.29, 1.82) is 0 Å². The average molecular weight is 310 g/mol. The first-order valence-corrected chi connectivity index (χ1v) is 7.57. The van der Waals surface area contributed by atoms with Gasteiger partial charge >= 0.3 is 6.03 Å². The van der Waals surface area contributed by atoms with Crippen LogP contribution < -0.4 is 16.0 Å². The predicted molar refractivity (Wildman–Crippen MR) is 83.9 cm³/mol. The highest BCUT2D eigenvalue weighted by Gasteiger charge is 2.16. The topological polar surface area (TPSA) is 70.2 Å². The summed E-state index contributed by atoms with van der Waals surface area (Å²) in [7, 11) is 1.54. The van der Waals surface area contributed by atoms with Gasteiger partial charge in [-0.25, -0.2) is 4.79 Å². The Balaban J connectivity index is 1.94. The first-order chi connectivity index (χ1) is 10.1. The highest BCUT2D eigenvalue weighted by Crippen LogP contribution is 2.21. The Morgan fingerprint density at radius 3 is 2.52 bits per heavy atom. The van der Waals surface area contributed by atoms with Gasteiger partial charge in [-0.15, -0.1) is 0 Å². The van der Waals surface area contributed by atoms with Crippen molar-refractivity contribution in [2.75, 3.05) is 12.4 Å². The van der Waals surface area contributed by atoms with E-state index in [1.165, 1.54) is 6.42 Å². The lowest BCUT2D eigenvalue weighted by molar-refractivity contribution is 0.0963. The van der Waals surface area contributed by atoms with E-state index in [2.05, 4.69) is 16.0 Å². The van der Waals surface area contributed by atoms with E-state index in [4.69, 9.17) is 11.6 Å². The average Bonchev–Trinajstić information content (AvgIpc) is 2.47. The van der Waals surface area contributed by atoms with Crippen molar-refractivity contribution in [3.63, 3.8) is 0 Å². The van der Waals surface area contributed by atoms with Gasteiger partial charge in [-0.05, 0) is 31.0 Å². The molecule has 3 N–H and O–H groups in total. The molecule has 21 heavy (non-hydrogen) atoms. The molecule has 1 aromatic carbocycles. The van der Waals surface area contributed by atoms with Crippen LogP contribution in [0.1, 0.15) is 42.5 Å². The predicted octanol–water partition coefficient (Wildman–Crippen LogP) is 3.15. The summed E-state index contributed by atoms with van der Waals surface area (Å²) in [5.74, 6) is -0.252. The molecule has 6 heteroatoms. The van der Waals surface area contributed by atoms with Gasteiger partial charge in [0.15, 0.2) is 0 Å². The molecule has 1 aromatic rings. The largest absolute Gasteiger partial charge is 0.355 e. The van der Waals surface area contributed by atoms with Crippen molar-refractivity contribution in [2.45, 2.75) is 38.1 Å². The number of carbonyl (C=O) groups excluding carboxylic acids is 2. The SMILES string of the molecule is CNC(=O)c1ccc(NC(=O)NC2CCCCC2)cc1Cl. The maximum Gasteiger partial charge on any atom is 0.319 e. The lowest BCUT2D eigenvalue weighted by Crippen LogP contribution is -2.39. The Bertz CT molecular complexity index is 528. The van der Waals surface area contributed by atoms with Crippen LogP contribution in [0.5, 0.6) is 0 Å². The molecule has 0 aliphatic heterocycles. The summed E-state index contributed by atoms with van der Waals surface area (Å²) in [6.07, 6.45) is 5.64. The van der Waals surface area contributed by atoms with Crippen molar-refractivity contribution in [3.8, 4) is 0 Å². The number of urea groups is 1. The smallest absolute Gasteiger partial charge is 0.319 e. The Labute approximate surface area is 129 Å². The second-order valence-electron chi connectivity index (χ2n) is 5.21. The van der Waals surface area contributed by atoms with Gasteiger partial charge in [0.1, 0.15) is 0 Å². The number of nitrogens with one attached hydrogen (secondary N) is 3. The quantitative estimate of drug-likeness (QED) is 0.802. The summed E-state index contributed by atoms with van der Waals surface area (Å²) in [4.78, 5) is 23.5. The van der Waals surface area contributed by atoms with Gasteiger partial charge in [0.05, 0.1) is 10.6 Å². The van der Waals surface area contributed by atoms with E-state index < -0.39 is 0 Å². The summed E-state index contributed by atoms with van der Waals surface area (Å²) in [5, 5.41) is 8.53. The van der Waals surface area contributed by atoms with Crippen molar-refractivity contribution >= 4 is 29.2 Å². The Hall–Kier alpha value is -1.75. The number of anilines is 1. The molecule has 1 saturated carbocycles. The van der Waals surface area contributed by atoms with Crippen LogP contribution in [0.25, 0.3) is 0 Å². The van der Waals surface area contributed by atoms with Crippen LogP contribution in [0, 0.1) is 0 Å². The van der Waals surface area contributed by atoms with Gasteiger partial charge in [0, 0.05) is 18.8 Å². The Morgan fingerprint density at radius 1 is 1.19 bits per heavy atom. The molecular weight excluding hydrogens is 290 g/mol. The molecule has 0 bridgehead atoms. The highest BCUT2D eigenvalue weighted by atomic mass is 35.5. The van der Waals surface area contributed by atoms with Crippen LogP contribution >= 0.6 is 11.6 Å². The number of halogens is 1. The second-order valence-corrected chi connectivity index (χ2v) is 5.61. The van der Waals surface area contributed by atoms with Crippen molar-refractivity contribution < 1.29 is 9.59 Å². The monoisotopic (exact) mass is 309 g/mol. The maximum atomic E-state index is 11.9. The number of carbonyl (C=O) groups is 2. The first kappa shape index (κ1) is 15.6. The minimum atomic E-state index is -0.252. The molecule has 5 nitrogen and oxygen atoms in total. The molecule has 1 fully saturated rings. The van der Waals surface area contributed by atoms with Crippen molar-refractivity contribution in [3.05, 3.63) is 28.8 Å². The fourth-order valence-electron chi connectivity index (χ4n) is 2.51. The fourth-order valence-corrected chi connectivity index (χ4v) is 2.78. The van der Waals surface area contributed by atoms with Gasteiger partial charge in [0.2, 0.25) is 0 Å². The summed E-state index contributed by atoms with van der Waals surface area (Å²) >= 11 is 6.05. The molecule has 114 valence electrons. The van der Waals surface area contributed by atoms with Crippen molar-refractivity contribution in [2.24, 2.45) is 0 Å². The van der Waals surface area contributed by atoms with Gasteiger partial charge < -0.3 is 16.0 Å². The van der Waals surface area contributed by atoms with Gasteiger partial charge in [0.25, 0.3) is 5.91 Å². The van der Waals surface area contributed by atoms with Crippen LogP contribution in [0.4, 0.5) is 10.5 Å². The van der Waals surface area contributed by atoms with Crippen LogP contribution in [0.3, 0.4) is 0 Å². The number of amides is 3. The minimum Gasteiger partial charge on any atom is -0.355 e. The summed E-state index contributed by atoms with van der Waals surface area (Å²) in [5.41, 5.74) is 0.957. The third kappa shape index (κ3) is 4.36. The molecule has 1 aliphatic rings. The molecule has 0 spiro atoms.